The zero-order valence-electron chi connectivity index (χ0n) is 10.6. The molecule has 1 aliphatic rings. The molecule has 18 heavy (non-hydrogen) atoms. The highest BCUT2D eigenvalue weighted by Gasteiger charge is 2.26. The minimum absolute atomic E-state index is 0.221. The van der Waals surface area contributed by atoms with Crippen molar-refractivity contribution in [3.63, 3.8) is 0 Å². The molecule has 1 aromatic carbocycles. The highest BCUT2D eigenvalue weighted by atomic mass is 32.1. The molecule has 3 nitrogen and oxygen atoms in total. The predicted molar refractivity (Wildman–Crippen MR) is 75.3 cm³/mol. The van der Waals surface area contributed by atoms with Crippen LogP contribution in [0.15, 0.2) is 24.3 Å². The standard InChI is InChI=1S/C14H19NO2S/c1-17-12-6-4-11(5-7-12)3-2-8-15-10-13(18)9-14(15)16/h4-7,13,18H,2-3,8-10H2,1H3. The zero-order chi connectivity index (χ0) is 13.0. The van der Waals surface area contributed by atoms with Crippen LogP contribution in [-0.4, -0.2) is 36.3 Å². The quantitative estimate of drug-likeness (QED) is 0.827. The van der Waals surface area contributed by atoms with E-state index < -0.39 is 0 Å². The van der Waals surface area contributed by atoms with Crippen molar-refractivity contribution in [1.29, 1.82) is 0 Å². The number of amides is 1. The van der Waals surface area contributed by atoms with E-state index in [0.717, 1.165) is 31.7 Å². The Balaban J connectivity index is 1.76. The maximum absolute atomic E-state index is 11.6. The van der Waals surface area contributed by atoms with Crippen molar-refractivity contribution >= 4 is 18.5 Å². The van der Waals surface area contributed by atoms with Crippen molar-refractivity contribution in [2.45, 2.75) is 24.5 Å². The molecule has 0 saturated carbocycles. The summed E-state index contributed by atoms with van der Waals surface area (Å²) in [5, 5.41) is 0.221. The van der Waals surface area contributed by atoms with Gasteiger partial charge in [0.1, 0.15) is 5.75 Å². The number of hydrogen-bond acceptors (Lipinski definition) is 3. The molecule has 1 aromatic rings. The maximum atomic E-state index is 11.6. The number of rotatable bonds is 5. The van der Waals surface area contributed by atoms with Crippen LogP contribution in [0.25, 0.3) is 0 Å². The Morgan fingerprint density at radius 2 is 2.11 bits per heavy atom. The van der Waals surface area contributed by atoms with Gasteiger partial charge < -0.3 is 9.64 Å². The van der Waals surface area contributed by atoms with Crippen LogP contribution < -0.4 is 4.74 Å². The van der Waals surface area contributed by atoms with Gasteiger partial charge in [-0.3, -0.25) is 4.79 Å². The van der Waals surface area contributed by atoms with Gasteiger partial charge in [0.05, 0.1) is 7.11 Å². The van der Waals surface area contributed by atoms with Gasteiger partial charge in [-0.05, 0) is 30.5 Å². The molecule has 4 heteroatoms. The molecular weight excluding hydrogens is 246 g/mol. The van der Waals surface area contributed by atoms with Crippen LogP contribution in [0.5, 0.6) is 5.75 Å². The first-order valence-corrected chi connectivity index (χ1v) is 6.79. The minimum atomic E-state index is 0.221. The molecule has 1 aliphatic heterocycles. The van der Waals surface area contributed by atoms with Gasteiger partial charge in [0, 0.05) is 24.8 Å². The highest BCUT2D eigenvalue weighted by molar-refractivity contribution is 7.81. The van der Waals surface area contributed by atoms with Gasteiger partial charge in [-0.1, -0.05) is 12.1 Å². The summed E-state index contributed by atoms with van der Waals surface area (Å²) in [4.78, 5) is 13.5. The lowest BCUT2D eigenvalue weighted by Gasteiger charge is -2.15. The summed E-state index contributed by atoms with van der Waals surface area (Å²) in [7, 11) is 1.67. The number of nitrogens with zero attached hydrogens (tertiary/aromatic N) is 1. The Bertz CT molecular complexity index is 405. The van der Waals surface area contributed by atoms with Gasteiger partial charge in [-0.25, -0.2) is 0 Å². The van der Waals surface area contributed by atoms with Crippen molar-refractivity contribution in [1.82, 2.24) is 4.90 Å². The first-order chi connectivity index (χ1) is 8.69. The molecule has 1 saturated heterocycles. The summed E-state index contributed by atoms with van der Waals surface area (Å²) in [6, 6.07) is 8.10. The summed E-state index contributed by atoms with van der Waals surface area (Å²) >= 11 is 4.35. The van der Waals surface area contributed by atoms with E-state index in [0.29, 0.717) is 6.42 Å². The first-order valence-electron chi connectivity index (χ1n) is 6.28. The van der Waals surface area contributed by atoms with Crippen LogP contribution in [0, 0.1) is 0 Å². The van der Waals surface area contributed by atoms with E-state index in [1.165, 1.54) is 5.56 Å². The molecule has 0 aromatic heterocycles. The van der Waals surface area contributed by atoms with E-state index in [9.17, 15) is 4.79 Å². The summed E-state index contributed by atoms with van der Waals surface area (Å²) in [5.74, 6) is 1.12. The lowest BCUT2D eigenvalue weighted by molar-refractivity contribution is -0.127. The molecule has 0 radical (unpaired) electrons. The zero-order valence-corrected chi connectivity index (χ0v) is 11.5. The molecule has 0 aliphatic carbocycles. The molecule has 1 amide bonds. The van der Waals surface area contributed by atoms with Gasteiger partial charge in [0.2, 0.25) is 5.91 Å². The molecule has 0 spiro atoms. The fourth-order valence-corrected chi connectivity index (χ4v) is 2.59. The van der Waals surface area contributed by atoms with Crippen molar-refractivity contribution in [2.24, 2.45) is 0 Å². The number of carbonyl (C=O) groups is 1. The number of aryl methyl sites for hydroxylation is 1. The molecule has 1 heterocycles. The fraction of sp³-hybridized carbons (Fsp3) is 0.500. The van der Waals surface area contributed by atoms with Gasteiger partial charge in [-0.2, -0.15) is 12.6 Å². The monoisotopic (exact) mass is 265 g/mol. The Labute approximate surface area is 114 Å². The van der Waals surface area contributed by atoms with Gasteiger partial charge in [0.25, 0.3) is 0 Å². The second-order valence-electron chi connectivity index (χ2n) is 4.65. The number of thiol groups is 1. The SMILES string of the molecule is COc1ccc(CCCN2CC(S)CC2=O)cc1. The number of likely N-dealkylation sites (tertiary alicyclic amines) is 1. The molecule has 98 valence electrons. The minimum Gasteiger partial charge on any atom is -0.497 e. The van der Waals surface area contributed by atoms with E-state index in [2.05, 4.69) is 24.8 Å². The second kappa shape index (κ2) is 6.14. The van der Waals surface area contributed by atoms with Gasteiger partial charge >= 0.3 is 0 Å². The van der Waals surface area contributed by atoms with E-state index in [1.54, 1.807) is 7.11 Å². The van der Waals surface area contributed by atoms with E-state index in [4.69, 9.17) is 4.74 Å². The van der Waals surface area contributed by atoms with Crippen LogP contribution in [0.2, 0.25) is 0 Å². The Hall–Kier alpha value is -1.16. The molecule has 1 fully saturated rings. The molecular formula is C14H19NO2S. The third kappa shape index (κ3) is 3.42. The van der Waals surface area contributed by atoms with Gasteiger partial charge in [0.15, 0.2) is 0 Å². The molecule has 2 rings (SSSR count). The topological polar surface area (TPSA) is 29.5 Å². The largest absolute Gasteiger partial charge is 0.497 e. The number of carbonyl (C=O) groups excluding carboxylic acids is 1. The van der Waals surface area contributed by atoms with E-state index in [1.807, 2.05) is 17.0 Å². The predicted octanol–water partition coefficient (Wildman–Crippen LogP) is 2.16. The molecule has 1 atom stereocenters. The summed E-state index contributed by atoms with van der Waals surface area (Å²) in [5.41, 5.74) is 1.28. The van der Waals surface area contributed by atoms with Crippen molar-refractivity contribution < 1.29 is 9.53 Å². The lowest BCUT2D eigenvalue weighted by atomic mass is 10.1. The fourth-order valence-electron chi connectivity index (χ4n) is 2.23. The first kappa shape index (κ1) is 13.3. The normalized spacial score (nSPS) is 19.3. The maximum Gasteiger partial charge on any atom is 0.223 e. The highest BCUT2D eigenvalue weighted by Crippen LogP contribution is 2.17. The van der Waals surface area contributed by atoms with Crippen LogP contribution in [0.3, 0.4) is 0 Å². The summed E-state index contributed by atoms with van der Waals surface area (Å²) in [6.07, 6.45) is 2.58. The number of ether oxygens (including phenoxy) is 1. The van der Waals surface area contributed by atoms with E-state index in [-0.39, 0.29) is 11.2 Å². The van der Waals surface area contributed by atoms with Crippen molar-refractivity contribution in [2.75, 3.05) is 20.2 Å². The molecule has 0 N–H and O–H groups in total. The second-order valence-corrected chi connectivity index (χ2v) is 5.38. The van der Waals surface area contributed by atoms with Crippen LogP contribution >= 0.6 is 12.6 Å². The average molecular weight is 265 g/mol. The smallest absolute Gasteiger partial charge is 0.223 e. The number of hydrogen-bond donors (Lipinski definition) is 1. The number of benzene rings is 1. The van der Waals surface area contributed by atoms with Gasteiger partial charge in [-0.15, -0.1) is 0 Å². The Morgan fingerprint density at radius 1 is 1.39 bits per heavy atom. The van der Waals surface area contributed by atoms with Crippen LogP contribution in [0.4, 0.5) is 0 Å². The lowest BCUT2D eigenvalue weighted by Crippen LogP contribution is -2.26. The molecule has 0 bridgehead atoms. The third-order valence-electron chi connectivity index (χ3n) is 3.25. The Morgan fingerprint density at radius 3 is 2.67 bits per heavy atom. The Kier molecular flexibility index (Phi) is 4.53. The van der Waals surface area contributed by atoms with Crippen molar-refractivity contribution in [3.05, 3.63) is 29.8 Å². The van der Waals surface area contributed by atoms with Crippen LogP contribution in [0.1, 0.15) is 18.4 Å². The van der Waals surface area contributed by atoms with E-state index >= 15 is 0 Å². The average Bonchev–Trinajstić information content (AvgIpc) is 2.69. The third-order valence-corrected chi connectivity index (χ3v) is 3.59. The summed E-state index contributed by atoms with van der Waals surface area (Å²) in [6.45, 7) is 1.63. The van der Waals surface area contributed by atoms with Crippen molar-refractivity contribution in [3.8, 4) is 5.75 Å². The molecule has 1 unspecified atom stereocenters. The summed E-state index contributed by atoms with van der Waals surface area (Å²) < 4.78 is 5.12. The number of methoxy groups -OCH3 is 1. The van der Waals surface area contributed by atoms with Crippen LogP contribution in [-0.2, 0) is 11.2 Å².